The SMILES string of the molecule is COc1ccc(C)cc1N1C(=O)c2cccc3cccc(c23)C1=O. The second-order valence-corrected chi connectivity index (χ2v) is 5.83. The van der Waals surface area contributed by atoms with Gasteiger partial charge in [0.2, 0.25) is 0 Å². The highest BCUT2D eigenvalue weighted by atomic mass is 16.5. The highest BCUT2D eigenvalue weighted by molar-refractivity contribution is 6.36. The molecule has 0 spiro atoms. The van der Waals surface area contributed by atoms with Crippen LogP contribution in [0.15, 0.2) is 54.6 Å². The molecule has 3 aromatic rings. The average Bonchev–Trinajstić information content (AvgIpc) is 2.60. The summed E-state index contributed by atoms with van der Waals surface area (Å²) < 4.78 is 5.37. The van der Waals surface area contributed by atoms with E-state index in [9.17, 15) is 9.59 Å². The van der Waals surface area contributed by atoms with Crippen LogP contribution in [0.3, 0.4) is 0 Å². The summed E-state index contributed by atoms with van der Waals surface area (Å²) in [4.78, 5) is 27.3. The molecule has 0 bridgehead atoms. The molecule has 24 heavy (non-hydrogen) atoms. The maximum Gasteiger partial charge on any atom is 0.266 e. The van der Waals surface area contributed by atoms with Crippen LogP contribution in [0.4, 0.5) is 5.69 Å². The lowest BCUT2D eigenvalue weighted by Gasteiger charge is -2.28. The smallest absolute Gasteiger partial charge is 0.266 e. The molecule has 0 aliphatic carbocycles. The van der Waals surface area contributed by atoms with Crippen LogP contribution in [0.2, 0.25) is 0 Å². The third kappa shape index (κ3) is 1.93. The lowest BCUT2D eigenvalue weighted by Crippen LogP contribution is -2.40. The highest BCUT2D eigenvalue weighted by Gasteiger charge is 2.35. The number of nitrogens with zero attached hydrogens (tertiary/aromatic N) is 1. The summed E-state index contributed by atoms with van der Waals surface area (Å²) in [6.07, 6.45) is 0. The van der Waals surface area contributed by atoms with Crippen LogP contribution in [-0.4, -0.2) is 18.9 Å². The zero-order valence-corrected chi connectivity index (χ0v) is 13.4. The summed E-state index contributed by atoms with van der Waals surface area (Å²) >= 11 is 0. The monoisotopic (exact) mass is 317 g/mol. The van der Waals surface area contributed by atoms with Crippen molar-refractivity contribution in [2.24, 2.45) is 0 Å². The van der Waals surface area contributed by atoms with E-state index in [1.54, 1.807) is 24.3 Å². The van der Waals surface area contributed by atoms with Crippen molar-refractivity contribution in [2.45, 2.75) is 6.92 Å². The number of imide groups is 1. The average molecular weight is 317 g/mol. The van der Waals surface area contributed by atoms with E-state index < -0.39 is 0 Å². The summed E-state index contributed by atoms with van der Waals surface area (Å²) in [5, 5.41) is 1.61. The summed E-state index contributed by atoms with van der Waals surface area (Å²) in [7, 11) is 1.53. The van der Waals surface area contributed by atoms with Crippen molar-refractivity contribution in [3.63, 3.8) is 0 Å². The van der Waals surface area contributed by atoms with E-state index >= 15 is 0 Å². The summed E-state index contributed by atoms with van der Waals surface area (Å²) in [6.45, 7) is 1.91. The van der Waals surface area contributed by atoms with Crippen molar-refractivity contribution in [3.05, 3.63) is 71.3 Å². The summed E-state index contributed by atoms with van der Waals surface area (Å²) in [6, 6.07) is 16.5. The fourth-order valence-corrected chi connectivity index (χ4v) is 3.22. The van der Waals surface area contributed by atoms with Crippen LogP contribution in [0.1, 0.15) is 26.3 Å². The first kappa shape index (κ1) is 14.5. The molecule has 0 saturated heterocycles. The number of anilines is 1. The first-order valence-corrected chi connectivity index (χ1v) is 7.67. The molecule has 0 fully saturated rings. The molecule has 0 N–H and O–H groups in total. The molecule has 0 aromatic heterocycles. The predicted octanol–water partition coefficient (Wildman–Crippen LogP) is 3.96. The van der Waals surface area contributed by atoms with Gasteiger partial charge in [-0.3, -0.25) is 9.59 Å². The van der Waals surface area contributed by atoms with Crippen molar-refractivity contribution in [2.75, 3.05) is 12.0 Å². The van der Waals surface area contributed by atoms with Crippen molar-refractivity contribution in [1.82, 2.24) is 0 Å². The Hall–Kier alpha value is -3.14. The van der Waals surface area contributed by atoms with Crippen LogP contribution in [0.5, 0.6) is 5.75 Å². The molecule has 1 heterocycles. The van der Waals surface area contributed by atoms with E-state index in [0.29, 0.717) is 22.6 Å². The Morgan fingerprint density at radius 3 is 2.08 bits per heavy atom. The molecule has 4 rings (SSSR count). The molecule has 118 valence electrons. The second-order valence-electron chi connectivity index (χ2n) is 5.83. The molecule has 0 saturated carbocycles. The van der Waals surface area contributed by atoms with E-state index in [0.717, 1.165) is 16.3 Å². The lowest BCUT2D eigenvalue weighted by atomic mass is 9.93. The quantitative estimate of drug-likeness (QED) is 0.672. The fourth-order valence-electron chi connectivity index (χ4n) is 3.22. The maximum absolute atomic E-state index is 13.0. The minimum atomic E-state index is -0.326. The third-order valence-electron chi connectivity index (χ3n) is 4.35. The van der Waals surface area contributed by atoms with Gasteiger partial charge in [0.05, 0.1) is 12.8 Å². The van der Waals surface area contributed by atoms with E-state index in [-0.39, 0.29) is 11.8 Å². The third-order valence-corrected chi connectivity index (χ3v) is 4.35. The van der Waals surface area contributed by atoms with Crippen molar-refractivity contribution >= 4 is 28.3 Å². The molecule has 2 amide bonds. The number of aryl methyl sites for hydroxylation is 1. The van der Waals surface area contributed by atoms with Crippen molar-refractivity contribution < 1.29 is 14.3 Å². The van der Waals surface area contributed by atoms with Crippen LogP contribution in [0, 0.1) is 6.92 Å². The molecular weight excluding hydrogens is 302 g/mol. The molecular formula is C20H15NO3. The molecule has 3 aromatic carbocycles. The number of ether oxygens (including phenoxy) is 1. The second kappa shape index (κ2) is 5.20. The molecule has 1 aliphatic heterocycles. The number of hydrogen-bond acceptors (Lipinski definition) is 3. The van der Waals surface area contributed by atoms with Gasteiger partial charge < -0.3 is 4.74 Å². The van der Waals surface area contributed by atoms with Gasteiger partial charge in [0.15, 0.2) is 0 Å². The minimum absolute atomic E-state index is 0.326. The predicted molar refractivity (Wildman–Crippen MR) is 92.8 cm³/mol. The van der Waals surface area contributed by atoms with Gasteiger partial charge in [0, 0.05) is 16.5 Å². The number of methoxy groups -OCH3 is 1. The Bertz CT molecular complexity index is 956. The lowest BCUT2D eigenvalue weighted by molar-refractivity contribution is 0.0892. The van der Waals surface area contributed by atoms with Gasteiger partial charge in [-0.05, 0) is 42.1 Å². The largest absolute Gasteiger partial charge is 0.495 e. The molecule has 0 unspecified atom stereocenters. The van der Waals surface area contributed by atoms with E-state index in [4.69, 9.17) is 4.74 Å². The minimum Gasteiger partial charge on any atom is -0.495 e. The molecule has 4 nitrogen and oxygen atoms in total. The van der Waals surface area contributed by atoms with E-state index in [2.05, 4.69) is 0 Å². The molecule has 0 radical (unpaired) electrons. The Morgan fingerprint density at radius 1 is 0.875 bits per heavy atom. The standard InChI is InChI=1S/C20H15NO3/c1-12-9-10-17(24-2)16(11-12)21-19(22)14-7-3-5-13-6-4-8-15(18(13)14)20(21)23/h3-11H,1-2H3. The zero-order chi connectivity index (χ0) is 16.8. The Kier molecular flexibility index (Phi) is 3.13. The van der Waals surface area contributed by atoms with Gasteiger partial charge >= 0.3 is 0 Å². The van der Waals surface area contributed by atoms with E-state index in [1.165, 1.54) is 12.0 Å². The first-order valence-electron chi connectivity index (χ1n) is 7.67. The van der Waals surface area contributed by atoms with Crippen molar-refractivity contribution in [1.29, 1.82) is 0 Å². The van der Waals surface area contributed by atoms with Crippen LogP contribution >= 0.6 is 0 Å². The van der Waals surface area contributed by atoms with Crippen LogP contribution in [0.25, 0.3) is 10.8 Å². The number of hydrogen-bond donors (Lipinski definition) is 0. The van der Waals surface area contributed by atoms with Gasteiger partial charge in [0.25, 0.3) is 11.8 Å². The van der Waals surface area contributed by atoms with E-state index in [1.807, 2.05) is 37.3 Å². The van der Waals surface area contributed by atoms with Crippen LogP contribution in [-0.2, 0) is 0 Å². The van der Waals surface area contributed by atoms with Gasteiger partial charge in [0.1, 0.15) is 5.75 Å². The number of benzene rings is 3. The van der Waals surface area contributed by atoms with Crippen LogP contribution < -0.4 is 9.64 Å². The summed E-state index contributed by atoms with van der Waals surface area (Å²) in [5.41, 5.74) is 2.49. The number of rotatable bonds is 2. The Balaban J connectivity index is 2.00. The number of carbonyl (C=O) groups is 2. The van der Waals surface area contributed by atoms with Gasteiger partial charge in [-0.2, -0.15) is 0 Å². The molecule has 4 heteroatoms. The number of amides is 2. The topological polar surface area (TPSA) is 46.6 Å². The molecule has 1 aliphatic rings. The highest BCUT2D eigenvalue weighted by Crippen LogP contribution is 2.37. The normalized spacial score (nSPS) is 13.5. The van der Waals surface area contributed by atoms with Gasteiger partial charge in [-0.15, -0.1) is 0 Å². The Morgan fingerprint density at radius 2 is 1.50 bits per heavy atom. The summed E-state index contributed by atoms with van der Waals surface area (Å²) in [5.74, 6) is -0.157. The zero-order valence-electron chi connectivity index (χ0n) is 13.4. The first-order chi connectivity index (χ1) is 11.6. The van der Waals surface area contributed by atoms with Gasteiger partial charge in [-0.25, -0.2) is 4.90 Å². The Labute approximate surface area is 139 Å². The maximum atomic E-state index is 13.0. The fraction of sp³-hybridized carbons (Fsp3) is 0.100. The van der Waals surface area contributed by atoms with Crippen molar-refractivity contribution in [3.8, 4) is 5.75 Å². The number of carbonyl (C=O) groups excluding carboxylic acids is 2. The van der Waals surface area contributed by atoms with Gasteiger partial charge in [-0.1, -0.05) is 30.3 Å². The molecule has 0 atom stereocenters.